The average Bonchev–Trinajstić information content (AvgIpc) is 1.84. The number of nitrogens with zero attached hydrogens (tertiary/aromatic N) is 1. The highest BCUT2D eigenvalue weighted by Gasteiger charge is 1.98. The summed E-state index contributed by atoms with van der Waals surface area (Å²) in [7, 11) is 0. The van der Waals surface area contributed by atoms with Crippen molar-refractivity contribution in [2.45, 2.75) is 13.8 Å². The van der Waals surface area contributed by atoms with Gasteiger partial charge in [0.1, 0.15) is 0 Å². The molecule has 1 aromatic rings. The van der Waals surface area contributed by atoms with E-state index in [2.05, 4.69) is 4.98 Å². The smallest absolute Gasteiger partial charge is 0.0606 e. The van der Waals surface area contributed by atoms with Crippen LogP contribution in [0.5, 0.6) is 0 Å². The van der Waals surface area contributed by atoms with Crippen molar-refractivity contribution in [1.29, 1.82) is 0 Å². The summed E-state index contributed by atoms with van der Waals surface area (Å²) in [5.74, 6) is 0. The van der Waals surface area contributed by atoms with E-state index in [1.54, 1.807) is 6.07 Å². The number of hydrogen-bond donors (Lipinski definition) is 2. The molecule has 0 saturated carbocycles. The molecule has 0 saturated heterocycles. The molecule has 1 aromatic heterocycles. The van der Waals surface area contributed by atoms with E-state index in [9.17, 15) is 0 Å². The maximum Gasteiger partial charge on any atom is 0.0606 e. The van der Waals surface area contributed by atoms with Gasteiger partial charge in [0, 0.05) is 0 Å². The number of aryl methyl sites for hydroxylation is 2. The van der Waals surface area contributed by atoms with E-state index in [1.165, 1.54) is 0 Å². The number of rotatable bonds is 0. The van der Waals surface area contributed by atoms with Crippen LogP contribution in [0.3, 0.4) is 0 Å². The third kappa shape index (κ3) is 1.03. The molecule has 0 atom stereocenters. The van der Waals surface area contributed by atoms with Gasteiger partial charge in [-0.15, -0.1) is 0 Å². The predicted molar refractivity (Wildman–Crippen MR) is 42.5 cm³/mol. The van der Waals surface area contributed by atoms with Gasteiger partial charge in [0.15, 0.2) is 0 Å². The van der Waals surface area contributed by atoms with Gasteiger partial charge in [-0.3, -0.25) is 4.98 Å². The Labute approximate surface area is 60.1 Å². The molecule has 0 amide bonds. The van der Waals surface area contributed by atoms with Crippen LogP contribution in [0.1, 0.15) is 11.4 Å². The Balaban J connectivity index is 3.28. The topological polar surface area (TPSA) is 64.9 Å². The number of nitrogens with two attached hydrogens (primary N) is 2. The monoisotopic (exact) mass is 137 g/mol. The summed E-state index contributed by atoms with van der Waals surface area (Å²) in [6, 6.07) is 1.73. The van der Waals surface area contributed by atoms with Crippen LogP contribution in [0, 0.1) is 13.8 Å². The Hall–Kier alpha value is -1.25. The van der Waals surface area contributed by atoms with Crippen molar-refractivity contribution in [2.75, 3.05) is 11.5 Å². The summed E-state index contributed by atoms with van der Waals surface area (Å²) < 4.78 is 0. The molecule has 3 heteroatoms. The number of nitrogen functional groups attached to an aromatic ring is 2. The largest absolute Gasteiger partial charge is 0.397 e. The van der Waals surface area contributed by atoms with E-state index >= 15 is 0 Å². The van der Waals surface area contributed by atoms with E-state index in [0.717, 1.165) is 11.4 Å². The first kappa shape index (κ1) is 6.86. The molecule has 3 nitrogen and oxygen atoms in total. The minimum absolute atomic E-state index is 0.656. The van der Waals surface area contributed by atoms with Crippen molar-refractivity contribution in [3.63, 3.8) is 0 Å². The second-order valence-corrected chi connectivity index (χ2v) is 2.34. The average molecular weight is 137 g/mol. The van der Waals surface area contributed by atoms with Gasteiger partial charge in [-0.25, -0.2) is 0 Å². The number of aromatic nitrogens is 1. The summed E-state index contributed by atoms with van der Waals surface area (Å²) in [6.45, 7) is 3.73. The van der Waals surface area contributed by atoms with Crippen LogP contribution in [-0.2, 0) is 0 Å². The Morgan fingerprint density at radius 2 is 1.50 bits per heavy atom. The summed E-state index contributed by atoms with van der Waals surface area (Å²) in [6.07, 6.45) is 0. The minimum atomic E-state index is 0.656. The molecular formula is C7H11N3. The Morgan fingerprint density at radius 1 is 1.10 bits per heavy atom. The molecule has 0 aliphatic heterocycles. The third-order valence-electron chi connectivity index (χ3n) is 1.48. The standard InChI is InChI=1S/C7H11N3/c1-4-6(8)3-7(9)5(2)10-4/h3H,8-9H2,1-2H3. The van der Waals surface area contributed by atoms with Gasteiger partial charge in [-0.1, -0.05) is 0 Å². The molecule has 54 valence electrons. The van der Waals surface area contributed by atoms with E-state index in [0.29, 0.717) is 11.4 Å². The SMILES string of the molecule is Cc1nc(C)c(N)cc1N. The molecule has 0 spiro atoms. The van der Waals surface area contributed by atoms with Crippen LogP contribution in [0.15, 0.2) is 6.07 Å². The van der Waals surface area contributed by atoms with Crippen LogP contribution in [-0.4, -0.2) is 4.98 Å². The van der Waals surface area contributed by atoms with E-state index in [4.69, 9.17) is 11.5 Å². The van der Waals surface area contributed by atoms with E-state index < -0.39 is 0 Å². The summed E-state index contributed by atoms with van der Waals surface area (Å²) in [5, 5.41) is 0. The lowest BCUT2D eigenvalue weighted by Crippen LogP contribution is -1.99. The van der Waals surface area contributed by atoms with E-state index in [-0.39, 0.29) is 0 Å². The molecule has 1 rings (SSSR count). The first-order valence-electron chi connectivity index (χ1n) is 3.10. The molecule has 0 radical (unpaired) electrons. The van der Waals surface area contributed by atoms with Crippen LogP contribution >= 0.6 is 0 Å². The van der Waals surface area contributed by atoms with Gasteiger partial charge in [0.05, 0.1) is 22.8 Å². The number of hydrogen-bond acceptors (Lipinski definition) is 3. The van der Waals surface area contributed by atoms with Gasteiger partial charge in [-0.05, 0) is 19.9 Å². The van der Waals surface area contributed by atoms with Crippen LogP contribution in [0.25, 0.3) is 0 Å². The van der Waals surface area contributed by atoms with Crippen molar-refractivity contribution < 1.29 is 0 Å². The van der Waals surface area contributed by atoms with Crippen molar-refractivity contribution in [3.8, 4) is 0 Å². The fraction of sp³-hybridized carbons (Fsp3) is 0.286. The lowest BCUT2D eigenvalue weighted by molar-refractivity contribution is 1.13. The van der Waals surface area contributed by atoms with Crippen molar-refractivity contribution in [1.82, 2.24) is 4.98 Å². The Kier molecular flexibility index (Phi) is 1.49. The molecular weight excluding hydrogens is 126 g/mol. The lowest BCUT2D eigenvalue weighted by atomic mass is 10.2. The van der Waals surface area contributed by atoms with Gasteiger partial charge < -0.3 is 11.5 Å². The second-order valence-electron chi connectivity index (χ2n) is 2.34. The normalized spacial score (nSPS) is 9.80. The quantitative estimate of drug-likeness (QED) is 0.557. The highest BCUT2D eigenvalue weighted by Crippen LogP contribution is 2.14. The summed E-state index contributed by atoms with van der Waals surface area (Å²) >= 11 is 0. The van der Waals surface area contributed by atoms with Gasteiger partial charge >= 0.3 is 0 Å². The number of anilines is 2. The van der Waals surface area contributed by atoms with Crippen molar-refractivity contribution >= 4 is 11.4 Å². The summed E-state index contributed by atoms with van der Waals surface area (Å²) in [4.78, 5) is 4.12. The zero-order valence-corrected chi connectivity index (χ0v) is 6.18. The fourth-order valence-electron chi connectivity index (χ4n) is 0.757. The maximum atomic E-state index is 5.55. The molecule has 0 aliphatic carbocycles. The molecule has 0 bridgehead atoms. The molecule has 0 aromatic carbocycles. The first-order chi connectivity index (χ1) is 4.61. The molecule has 4 N–H and O–H groups in total. The summed E-state index contributed by atoms with van der Waals surface area (Å²) in [5.41, 5.74) is 14.1. The van der Waals surface area contributed by atoms with Gasteiger partial charge in [0.2, 0.25) is 0 Å². The van der Waals surface area contributed by atoms with Gasteiger partial charge in [-0.2, -0.15) is 0 Å². The minimum Gasteiger partial charge on any atom is -0.397 e. The Morgan fingerprint density at radius 3 is 1.80 bits per heavy atom. The van der Waals surface area contributed by atoms with Crippen molar-refractivity contribution in [2.24, 2.45) is 0 Å². The predicted octanol–water partition coefficient (Wildman–Crippen LogP) is 0.863. The first-order valence-corrected chi connectivity index (χ1v) is 3.10. The highest BCUT2D eigenvalue weighted by molar-refractivity contribution is 5.55. The van der Waals surface area contributed by atoms with Crippen LogP contribution in [0.4, 0.5) is 11.4 Å². The van der Waals surface area contributed by atoms with Crippen LogP contribution in [0.2, 0.25) is 0 Å². The fourth-order valence-corrected chi connectivity index (χ4v) is 0.757. The molecule has 1 heterocycles. The third-order valence-corrected chi connectivity index (χ3v) is 1.48. The zero-order valence-electron chi connectivity index (χ0n) is 6.18. The molecule has 10 heavy (non-hydrogen) atoms. The van der Waals surface area contributed by atoms with Crippen molar-refractivity contribution in [3.05, 3.63) is 17.5 Å². The maximum absolute atomic E-state index is 5.55. The number of pyridine rings is 1. The van der Waals surface area contributed by atoms with Crippen LogP contribution < -0.4 is 11.5 Å². The Bertz CT molecular complexity index is 205. The second kappa shape index (κ2) is 2.17. The van der Waals surface area contributed by atoms with E-state index in [1.807, 2.05) is 13.8 Å². The molecule has 0 unspecified atom stereocenters. The molecule has 0 aliphatic rings. The van der Waals surface area contributed by atoms with Gasteiger partial charge in [0.25, 0.3) is 0 Å². The zero-order chi connectivity index (χ0) is 7.72. The molecule has 0 fully saturated rings. The lowest BCUT2D eigenvalue weighted by Gasteiger charge is -2.02. The highest BCUT2D eigenvalue weighted by atomic mass is 14.8.